The van der Waals surface area contributed by atoms with Gasteiger partial charge in [-0.2, -0.15) is 4.68 Å². The summed E-state index contributed by atoms with van der Waals surface area (Å²) in [6, 6.07) is 7.28. The SMILES string of the molecule is Cn1nc(-c2nc3ccccc3o2)oc1=O. The van der Waals surface area contributed by atoms with Gasteiger partial charge in [-0.05, 0) is 12.1 Å². The van der Waals surface area contributed by atoms with E-state index in [0.717, 1.165) is 4.68 Å². The van der Waals surface area contributed by atoms with Crippen LogP contribution in [0.15, 0.2) is 37.9 Å². The van der Waals surface area contributed by atoms with Gasteiger partial charge in [0.25, 0.3) is 5.89 Å². The van der Waals surface area contributed by atoms with Crippen LogP contribution in [-0.4, -0.2) is 14.8 Å². The molecule has 0 atom stereocenters. The van der Waals surface area contributed by atoms with E-state index in [0.29, 0.717) is 11.1 Å². The molecule has 2 heterocycles. The number of rotatable bonds is 1. The fourth-order valence-corrected chi connectivity index (χ4v) is 1.40. The minimum atomic E-state index is -0.544. The van der Waals surface area contributed by atoms with Crippen molar-refractivity contribution in [3.8, 4) is 11.8 Å². The summed E-state index contributed by atoms with van der Waals surface area (Å²) < 4.78 is 11.4. The Hall–Kier alpha value is -2.37. The zero-order valence-corrected chi connectivity index (χ0v) is 8.38. The third-order valence-electron chi connectivity index (χ3n) is 2.17. The highest BCUT2D eigenvalue weighted by atomic mass is 16.4. The van der Waals surface area contributed by atoms with Crippen molar-refractivity contribution in [2.45, 2.75) is 0 Å². The van der Waals surface area contributed by atoms with E-state index in [1.54, 1.807) is 6.07 Å². The molecule has 6 nitrogen and oxygen atoms in total. The average Bonchev–Trinajstić information content (AvgIpc) is 2.83. The normalized spacial score (nSPS) is 11.1. The Labute approximate surface area is 89.1 Å². The van der Waals surface area contributed by atoms with Gasteiger partial charge in [-0.25, -0.2) is 9.78 Å². The Morgan fingerprint density at radius 2 is 2.00 bits per heavy atom. The lowest BCUT2D eigenvalue weighted by Gasteiger charge is -1.82. The van der Waals surface area contributed by atoms with E-state index in [9.17, 15) is 4.79 Å². The number of fused-ring (bicyclic) bond motifs is 1. The Bertz CT molecular complexity index is 674. The fourth-order valence-electron chi connectivity index (χ4n) is 1.40. The second kappa shape index (κ2) is 3.06. The lowest BCUT2D eigenvalue weighted by Crippen LogP contribution is -2.09. The highest BCUT2D eigenvalue weighted by Crippen LogP contribution is 2.21. The lowest BCUT2D eigenvalue weighted by molar-refractivity contribution is 0.485. The molecular formula is C10H7N3O3. The summed E-state index contributed by atoms with van der Waals surface area (Å²) in [7, 11) is 1.50. The van der Waals surface area contributed by atoms with E-state index in [4.69, 9.17) is 8.83 Å². The summed E-state index contributed by atoms with van der Waals surface area (Å²) in [5.41, 5.74) is 1.33. The standard InChI is InChI=1S/C10H7N3O3/c1-13-10(14)16-9(12-13)8-11-6-4-2-3-5-7(6)15-8/h2-5H,1H3. The van der Waals surface area contributed by atoms with Gasteiger partial charge in [-0.1, -0.05) is 12.1 Å². The van der Waals surface area contributed by atoms with Crippen LogP contribution in [0.25, 0.3) is 22.9 Å². The van der Waals surface area contributed by atoms with Gasteiger partial charge in [0.05, 0.1) is 0 Å². The van der Waals surface area contributed by atoms with E-state index >= 15 is 0 Å². The first-order valence-electron chi connectivity index (χ1n) is 4.64. The van der Waals surface area contributed by atoms with E-state index in [2.05, 4.69) is 10.1 Å². The van der Waals surface area contributed by atoms with Crippen LogP contribution in [0.1, 0.15) is 0 Å². The summed E-state index contributed by atoms with van der Waals surface area (Å²) in [5.74, 6) is -0.250. The largest absolute Gasteiger partial charge is 0.437 e. The van der Waals surface area contributed by atoms with Crippen molar-refractivity contribution in [2.24, 2.45) is 7.05 Å². The number of benzene rings is 1. The van der Waals surface area contributed by atoms with Gasteiger partial charge < -0.3 is 8.83 Å². The zero-order valence-electron chi connectivity index (χ0n) is 8.38. The van der Waals surface area contributed by atoms with Crippen LogP contribution >= 0.6 is 0 Å². The van der Waals surface area contributed by atoms with Gasteiger partial charge in [-0.3, -0.25) is 0 Å². The summed E-state index contributed by atoms with van der Waals surface area (Å²) in [4.78, 5) is 15.3. The van der Waals surface area contributed by atoms with E-state index in [-0.39, 0.29) is 11.8 Å². The number of nitrogens with zero attached hydrogens (tertiary/aromatic N) is 3. The molecule has 0 N–H and O–H groups in total. The second-order valence-electron chi connectivity index (χ2n) is 3.28. The maximum absolute atomic E-state index is 11.1. The molecule has 0 amide bonds. The van der Waals surface area contributed by atoms with Crippen molar-refractivity contribution in [3.05, 3.63) is 34.8 Å². The number of aromatic nitrogens is 3. The molecule has 3 rings (SSSR count). The quantitative estimate of drug-likeness (QED) is 0.611. The fraction of sp³-hybridized carbons (Fsp3) is 0.100. The Morgan fingerprint density at radius 3 is 2.69 bits per heavy atom. The molecule has 6 heteroatoms. The second-order valence-corrected chi connectivity index (χ2v) is 3.28. The maximum atomic E-state index is 11.1. The number of para-hydroxylation sites is 2. The molecule has 0 unspecified atom stereocenters. The van der Waals surface area contributed by atoms with Gasteiger partial charge >= 0.3 is 11.6 Å². The molecule has 0 saturated heterocycles. The first-order chi connectivity index (χ1) is 7.74. The minimum Gasteiger partial charge on any atom is -0.432 e. The lowest BCUT2D eigenvalue weighted by atomic mass is 10.3. The molecule has 16 heavy (non-hydrogen) atoms. The van der Waals surface area contributed by atoms with Crippen LogP contribution in [0.2, 0.25) is 0 Å². The van der Waals surface area contributed by atoms with Gasteiger partial charge in [0, 0.05) is 7.05 Å². The van der Waals surface area contributed by atoms with Gasteiger partial charge in [-0.15, -0.1) is 5.10 Å². The Kier molecular flexibility index (Phi) is 1.70. The molecular weight excluding hydrogens is 210 g/mol. The van der Waals surface area contributed by atoms with Crippen molar-refractivity contribution in [1.82, 2.24) is 14.8 Å². The summed E-state index contributed by atoms with van der Waals surface area (Å²) in [6.07, 6.45) is 0. The Balaban J connectivity index is 2.22. The van der Waals surface area contributed by atoms with E-state index in [1.165, 1.54) is 7.05 Å². The van der Waals surface area contributed by atoms with E-state index < -0.39 is 5.76 Å². The molecule has 1 aromatic carbocycles. The first-order valence-corrected chi connectivity index (χ1v) is 4.64. The highest BCUT2D eigenvalue weighted by Gasteiger charge is 2.14. The molecule has 0 spiro atoms. The van der Waals surface area contributed by atoms with Crippen LogP contribution in [0.4, 0.5) is 0 Å². The van der Waals surface area contributed by atoms with E-state index in [1.807, 2.05) is 18.2 Å². The molecule has 0 aliphatic heterocycles. The third kappa shape index (κ3) is 1.23. The van der Waals surface area contributed by atoms with Crippen LogP contribution in [0.5, 0.6) is 0 Å². The molecule has 0 aliphatic rings. The first kappa shape index (κ1) is 8.90. The number of oxazole rings is 1. The van der Waals surface area contributed by atoms with Crippen LogP contribution in [-0.2, 0) is 7.05 Å². The molecule has 0 bridgehead atoms. The summed E-state index contributed by atoms with van der Waals surface area (Å²) in [5, 5.41) is 3.86. The highest BCUT2D eigenvalue weighted by molar-refractivity contribution is 5.74. The van der Waals surface area contributed by atoms with Crippen LogP contribution in [0, 0.1) is 0 Å². The molecule has 2 aromatic heterocycles. The molecule has 0 aliphatic carbocycles. The number of hydrogen-bond donors (Lipinski definition) is 0. The van der Waals surface area contributed by atoms with Gasteiger partial charge in [0.1, 0.15) is 5.52 Å². The van der Waals surface area contributed by atoms with Gasteiger partial charge in [0.15, 0.2) is 5.58 Å². The monoisotopic (exact) mass is 217 g/mol. The zero-order chi connectivity index (χ0) is 11.1. The topological polar surface area (TPSA) is 74.1 Å². The van der Waals surface area contributed by atoms with Crippen molar-refractivity contribution in [1.29, 1.82) is 0 Å². The predicted molar refractivity (Wildman–Crippen MR) is 54.7 cm³/mol. The summed E-state index contributed by atoms with van der Waals surface area (Å²) >= 11 is 0. The maximum Gasteiger partial charge on any atom is 0.437 e. The van der Waals surface area contributed by atoms with Crippen LogP contribution in [0.3, 0.4) is 0 Å². The molecule has 80 valence electrons. The van der Waals surface area contributed by atoms with Crippen molar-refractivity contribution >= 4 is 11.1 Å². The van der Waals surface area contributed by atoms with Crippen molar-refractivity contribution in [2.75, 3.05) is 0 Å². The molecule has 0 fully saturated rings. The van der Waals surface area contributed by atoms with Crippen molar-refractivity contribution < 1.29 is 8.83 Å². The average molecular weight is 217 g/mol. The summed E-state index contributed by atoms with van der Waals surface area (Å²) in [6.45, 7) is 0. The van der Waals surface area contributed by atoms with Crippen molar-refractivity contribution in [3.63, 3.8) is 0 Å². The molecule has 0 radical (unpaired) electrons. The molecule has 0 saturated carbocycles. The number of hydrogen-bond acceptors (Lipinski definition) is 5. The smallest absolute Gasteiger partial charge is 0.432 e. The minimum absolute atomic E-state index is 0.0868. The number of aryl methyl sites for hydroxylation is 1. The third-order valence-corrected chi connectivity index (χ3v) is 2.17. The Morgan fingerprint density at radius 1 is 1.19 bits per heavy atom. The molecule has 3 aromatic rings. The van der Waals surface area contributed by atoms with Gasteiger partial charge in [0.2, 0.25) is 0 Å². The predicted octanol–water partition coefficient (Wildman–Crippen LogP) is 1.18. The van der Waals surface area contributed by atoms with Crippen LogP contribution < -0.4 is 5.76 Å².